The van der Waals surface area contributed by atoms with Crippen LogP contribution >= 0.6 is 0 Å². The highest BCUT2D eigenvalue weighted by Crippen LogP contribution is 2.37. The van der Waals surface area contributed by atoms with E-state index >= 15 is 0 Å². The number of nitrogens with one attached hydrogen (secondary N) is 1. The maximum Gasteiger partial charge on any atom is 0.265 e. The van der Waals surface area contributed by atoms with Gasteiger partial charge in [0.05, 0.1) is 19.3 Å². The summed E-state index contributed by atoms with van der Waals surface area (Å²) >= 11 is 0. The average molecular weight is 588 g/mol. The number of benzene rings is 1. The molecule has 9 nitrogen and oxygen atoms in total. The van der Waals surface area contributed by atoms with Crippen LogP contribution in [0.15, 0.2) is 30.3 Å². The number of rotatable bonds is 17. The van der Waals surface area contributed by atoms with Crippen molar-refractivity contribution in [2.75, 3.05) is 20.7 Å². The lowest BCUT2D eigenvalue weighted by atomic mass is 9.82. The van der Waals surface area contributed by atoms with E-state index in [0.717, 1.165) is 49.2 Å². The molecule has 3 N–H and O–H groups in total. The molecular formula is C33H53N3O6. The summed E-state index contributed by atoms with van der Waals surface area (Å²) in [5, 5.41) is 26.2. The first-order valence-corrected chi connectivity index (χ1v) is 15.9. The van der Waals surface area contributed by atoms with E-state index in [9.17, 15) is 24.6 Å². The number of aliphatic hydroxyl groups excluding tert-OH is 2. The second-order valence-electron chi connectivity index (χ2n) is 12.9. The van der Waals surface area contributed by atoms with E-state index in [0.29, 0.717) is 31.1 Å². The van der Waals surface area contributed by atoms with Gasteiger partial charge in [-0.25, -0.2) is 5.06 Å². The highest BCUT2D eigenvalue weighted by Gasteiger charge is 2.36. The molecule has 3 amide bonds. The van der Waals surface area contributed by atoms with Crippen LogP contribution in [0.4, 0.5) is 0 Å². The third-order valence-electron chi connectivity index (χ3n) is 8.79. The summed E-state index contributed by atoms with van der Waals surface area (Å²) < 4.78 is 0. The second-order valence-corrected chi connectivity index (χ2v) is 12.9. The summed E-state index contributed by atoms with van der Waals surface area (Å²) in [5.74, 6) is -0.490. The van der Waals surface area contributed by atoms with Gasteiger partial charge in [-0.3, -0.25) is 19.2 Å². The van der Waals surface area contributed by atoms with E-state index in [1.807, 2.05) is 44.2 Å². The minimum absolute atomic E-state index is 0.0278. The Kier molecular flexibility index (Phi) is 13.7. The van der Waals surface area contributed by atoms with Gasteiger partial charge in [-0.2, -0.15) is 0 Å². The molecule has 0 heterocycles. The minimum Gasteiger partial charge on any atom is -0.390 e. The summed E-state index contributed by atoms with van der Waals surface area (Å²) in [6.45, 7) is 4.07. The number of likely N-dealkylation sites (N-methyl/N-ethyl adjacent to an activating group) is 1. The normalized spacial score (nSPS) is 18.6. The van der Waals surface area contributed by atoms with Crippen molar-refractivity contribution in [3.63, 3.8) is 0 Å². The summed E-state index contributed by atoms with van der Waals surface area (Å²) in [6, 6.07) is 8.89. The predicted octanol–water partition coefficient (Wildman–Crippen LogP) is 4.06. The SMILES string of the molecule is CON(C)C(=O)CN(Cc1ccccc1)C(=O)C[C@@H](CC1CC1)C(=O)N[C@@H](CC1CCCCC1)[C@@H](O)[C@@H](O)CC(C)C. The molecule has 4 atom stereocenters. The minimum atomic E-state index is -1.08. The largest absolute Gasteiger partial charge is 0.390 e. The molecule has 2 fully saturated rings. The molecule has 42 heavy (non-hydrogen) atoms. The fraction of sp³-hybridized carbons (Fsp3) is 0.727. The molecule has 9 heteroatoms. The molecule has 0 radical (unpaired) electrons. The molecule has 2 aliphatic rings. The first kappa shape index (κ1) is 34.0. The maximum atomic E-state index is 13.8. The van der Waals surface area contributed by atoms with E-state index in [1.165, 1.54) is 25.5 Å². The van der Waals surface area contributed by atoms with Crippen LogP contribution in [0.2, 0.25) is 0 Å². The Hall–Kier alpha value is -2.49. The van der Waals surface area contributed by atoms with Crippen LogP contribution < -0.4 is 5.32 Å². The molecule has 0 bridgehead atoms. The summed E-state index contributed by atoms with van der Waals surface area (Å²) in [5.41, 5.74) is 0.886. The molecule has 0 unspecified atom stereocenters. The van der Waals surface area contributed by atoms with Gasteiger partial charge in [0.25, 0.3) is 5.91 Å². The molecule has 1 aromatic rings. The summed E-state index contributed by atoms with van der Waals surface area (Å²) in [7, 11) is 2.90. The molecule has 0 aliphatic heterocycles. The van der Waals surface area contributed by atoms with Crippen molar-refractivity contribution in [2.45, 2.75) is 109 Å². The first-order valence-electron chi connectivity index (χ1n) is 15.9. The Morgan fingerprint density at radius 1 is 0.952 bits per heavy atom. The van der Waals surface area contributed by atoms with Gasteiger partial charge in [-0.1, -0.05) is 89.1 Å². The topological polar surface area (TPSA) is 119 Å². The molecule has 236 valence electrons. The zero-order valence-corrected chi connectivity index (χ0v) is 26.0. The Morgan fingerprint density at radius 2 is 1.60 bits per heavy atom. The quantitative estimate of drug-likeness (QED) is 0.237. The van der Waals surface area contributed by atoms with Crippen molar-refractivity contribution >= 4 is 17.7 Å². The van der Waals surface area contributed by atoms with Gasteiger partial charge in [-0.15, -0.1) is 0 Å². The number of nitrogens with zero attached hydrogens (tertiary/aromatic N) is 2. The number of hydrogen-bond donors (Lipinski definition) is 3. The highest BCUT2D eigenvalue weighted by atomic mass is 16.7. The van der Waals surface area contributed by atoms with Crippen LogP contribution in [0, 0.1) is 23.7 Å². The van der Waals surface area contributed by atoms with Gasteiger partial charge in [0.2, 0.25) is 11.8 Å². The van der Waals surface area contributed by atoms with Crippen molar-refractivity contribution in [3.05, 3.63) is 35.9 Å². The average Bonchev–Trinajstić information content (AvgIpc) is 3.80. The van der Waals surface area contributed by atoms with Crippen LogP contribution in [0.25, 0.3) is 0 Å². The predicted molar refractivity (Wildman–Crippen MR) is 162 cm³/mol. The fourth-order valence-corrected chi connectivity index (χ4v) is 6.04. The lowest BCUT2D eigenvalue weighted by Gasteiger charge is -2.34. The zero-order chi connectivity index (χ0) is 30.6. The van der Waals surface area contributed by atoms with Gasteiger partial charge in [-0.05, 0) is 42.6 Å². The number of aliphatic hydroxyl groups is 2. The van der Waals surface area contributed by atoms with Gasteiger partial charge in [0, 0.05) is 25.9 Å². The van der Waals surface area contributed by atoms with E-state index < -0.39 is 24.2 Å². The van der Waals surface area contributed by atoms with E-state index in [-0.39, 0.29) is 43.1 Å². The third-order valence-corrected chi connectivity index (χ3v) is 8.79. The number of hydroxylamine groups is 2. The van der Waals surface area contributed by atoms with Crippen molar-refractivity contribution in [2.24, 2.45) is 23.7 Å². The molecule has 2 aliphatic carbocycles. The second kappa shape index (κ2) is 17.0. The van der Waals surface area contributed by atoms with Gasteiger partial charge >= 0.3 is 0 Å². The summed E-state index contributed by atoms with van der Waals surface area (Å²) in [4.78, 5) is 46.8. The molecular weight excluding hydrogens is 534 g/mol. The zero-order valence-electron chi connectivity index (χ0n) is 26.0. The van der Waals surface area contributed by atoms with Crippen LogP contribution in [0.3, 0.4) is 0 Å². The standard InChI is InChI=1S/C33H53N3O6/c1-23(2)17-29(37)32(40)28(19-24-11-7-5-8-12-24)34-33(41)27(18-25-15-16-25)20-30(38)36(22-31(39)35(3)42-4)21-26-13-9-6-10-14-26/h6,9-10,13-14,23-25,27-29,32,37,40H,5,7-8,11-12,15-22H2,1-4H3,(H,34,41)/t27-,28+,29+,32-/m1/s1. The molecule has 0 saturated heterocycles. The first-order chi connectivity index (χ1) is 20.1. The van der Waals surface area contributed by atoms with E-state index in [2.05, 4.69) is 5.32 Å². The molecule has 3 rings (SSSR count). The Balaban J connectivity index is 1.76. The molecule has 0 spiro atoms. The van der Waals surface area contributed by atoms with Gasteiger partial charge in [0.15, 0.2) is 0 Å². The van der Waals surface area contributed by atoms with Crippen molar-refractivity contribution in [3.8, 4) is 0 Å². The van der Waals surface area contributed by atoms with Gasteiger partial charge in [0.1, 0.15) is 12.6 Å². The monoisotopic (exact) mass is 587 g/mol. The highest BCUT2D eigenvalue weighted by molar-refractivity contribution is 5.88. The van der Waals surface area contributed by atoms with Crippen molar-refractivity contribution < 1.29 is 29.4 Å². The maximum absolute atomic E-state index is 13.8. The van der Waals surface area contributed by atoms with Crippen molar-refractivity contribution in [1.29, 1.82) is 0 Å². The molecule has 1 aromatic carbocycles. The van der Waals surface area contributed by atoms with Gasteiger partial charge < -0.3 is 20.4 Å². The van der Waals surface area contributed by atoms with Crippen LogP contribution in [-0.4, -0.2) is 76.8 Å². The lowest BCUT2D eigenvalue weighted by Crippen LogP contribution is -2.51. The van der Waals surface area contributed by atoms with Crippen molar-refractivity contribution in [1.82, 2.24) is 15.3 Å². The Labute approximate surface area is 251 Å². The number of hydrogen-bond acceptors (Lipinski definition) is 6. The van der Waals surface area contributed by atoms with Crippen LogP contribution in [0.5, 0.6) is 0 Å². The smallest absolute Gasteiger partial charge is 0.265 e. The Bertz CT molecular complexity index is 979. The third kappa shape index (κ3) is 11.3. The summed E-state index contributed by atoms with van der Waals surface area (Å²) in [6.07, 6.45) is 7.28. The van der Waals surface area contributed by atoms with E-state index in [1.54, 1.807) is 0 Å². The fourth-order valence-electron chi connectivity index (χ4n) is 6.04. The number of carbonyl (C=O) groups excluding carboxylic acids is 3. The Morgan fingerprint density at radius 3 is 2.19 bits per heavy atom. The molecule has 2 saturated carbocycles. The molecule has 0 aromatic heterocycles. The van der Waals surface area contributed by atoms with Crippen LogP contribution in [0.1, 0.15) is 90.0 Å². The lowest BCUT2D eigenvalue weighted by molar-refractivity contribution is -0.171. The van der Waals surface area contributed by atoms with Crippen LogP contribution in [-0.2, 0) is 25.8 Å². The number of carbonyl (C=O) groups is 3. The van der Waals surface area contributed by atoms with E-state index in [4.69, 9.17) is 4.84 Å². The number of amides is 3.